The number of amides is 2. The lowest BCUT2D eigenvalue weighted by molar-refractivity contribution is -0.151. The highest BCUT2D eigenvalue weighted by Crippen LogP contribution is 2.36. The molecule has 1 saturated heterocycles. The van der Waals surface area contributed by atoms with Crippen LogP contribution in [0.1, 0.15) is 56.2 Å². The quantitative estimate of drug-likeness (QED) is 0.744. The second kappa shape index (κ2) is 9.19. The predicted molar refractivity (Wildman–Crippen MR) is 116 cm³/mol. The monoisotopic (exact) mass is 414 g/mol. The van der Waals surface area contributed by atoms with Gasteiger partial charge in [-0.15, -0.1) is 0 Å². The zero-order chi connectivity index (χ0) is 22.0. The third-order valence-corrected chi connectivity index (χ3v) is 6.84. The van der Waals surface area contributed by atoms with Crippen LogP contribution in [0.15, 0.2) is 12.1 Å². The molecule has 1 aliphatic heterocycles. The van der Waals surface area contributed by atoms with E-state index in [-0.39, 0.29) is 30.9 Å². The number of likely N-dealkylation sites (tertiary alicyclic amines) is 1. The Bertz CT molecular complexity index is 811. The van der Waals surface area contributed by atoms with Crippen LogP contribution in [0.4, 0.5) is 5.69 Å². The average molecular weight is 415 g/mol. The van der Waals surface area contributed by atoms with Crippen molar-refractivity contribution in [3.63, 3.8) is 0 Å². The minimum Gasteiger partial charge on any atom is -0.455 e. The van der Waals surface area contributed by atoms with E-state index >= 15 is 0 Å². The van der Waals surface area contributed by atoms with Crippen LogP contribution in [0.2, 0.25) is 0 Å². The molecule has 4 atom stereocenters. The smallest absolute Gasteiger partial charge is 0.311 e. The molecular weight excluding hydrogens is 380 g/mol. The largest absolute Gasteiger partial charge is 0.455 e. The molecule has 2 aliphatic rings. The Morgan fingerprint density at radius 1 is 1.13 bits per heavy atom. The topological polar surface area (TPSA) is 75.7 Å². The molecule has 0 bridgehead atoms. The van der Waals surface area contributed by atoms with E-state index < -0.39 is 11.9 Å². The van der Waals surface area contributed by atoms with E-state index in [9.17, 15) is 14.4 Å². The van der Waals surface area contributed by atoms with Gasteiger partial charge in [0.25, 0.3) is 5.91 Å². The van der Waals surface area contributed by atoms with Crippen molar-refractivity contribution >= 4 is 23.5 Å². The maximum absolute atomic E-state index is 12.6. The lowest BCUT2D eigenvalue weighted by Crippen LogP contribution is -2.45. The summed E-state index contributed by atoms with van der Waals surface area (Å²) in [5.41, 5.74) is 3.83. The molecule has 0 spiro atoms. The number of nitrogens with one attached hydrogen (secondary N) is 1. The third-order valence-electron chi connectivity index (χ3n) is 6.84. The lowest BCUT2D eigenvalue weighted by Gasteiger charge is -2.39. The van der Waals surface area contributed by atoms with Crippen LogP contribution in [-0.4, -0.2) is 41.9 Å². The highest BCUT2D eigenvalue weighted by molar-refractivity contribution is 5.95. The molecule has 1 N–H and O–H groups in total. The number of hydrogen-bond acceptors (Lipinski definition) is 4. The van der Waals surface area contributed by atoms with E-state index in [2.05, 4.69) is 19.2 Å². The molecule has 30 heavy (non-hydrogen) atoms. The molecule has 164 valence electrons. The van der Waals surface area contributed by atoms with Gasteiger partial charge in [0.05, 0.1) is 5.92 Å². The predicted octanol–water partition coefficient (Wildman–Crippen LogP) is 3.77. The van der Waals surface area contributed by atoms with Crippen molar-refractivity contribution < 1.29 is 19.1 Å². The highest BCUT2D eigenvalue weighted by Gasteiger charge is 2.42. The van der Waals surface area contributed by atoms with Gasteiger partial charge >= 0.3 is 5.97 Å². The van der Waals surface area contributed by atoms with E-state index in [4.69, 9.17) is 4.74 Å². The molecule has 1 aromatic rings. The molecule has 1 heterocycles. The van der Waals surface area contributed by atoms with E-state index in [1.807, 2.05) is 37.8 Å². The second-order valence-electron chi connectivity index (χ2n) is 9.21. The minimum atomic E-state index is -0.488. The van der Waals surface area contributed by atoms with Gasteiger partial charge in [0, 0.05) is 24.7 Å². The highest BCUT2D eigenvalue weighted by atomic mass is 16.5. The van der Waals surface area contributed by atoms with Crippen molar-refractivity contribution in [3.05, 3.63) is 28.8 Å². The summed E-state index contributed by atoms with van der Waals surface area (Å²) in [4.78, 5) is 39.3. The van der Waals surface area contributed by atoms with Crippen molar-refractivity contribution in [2.45, 2.75) is 66.3 Å². The molecule has 1 aliphatic carbocycles. The van der Waals surface area contributed by atoms with Crippen LogP contribution in [-0.2, 0) is 19.1 Å². The molecule has 1 aromatic carbocycles. The molecule has 6 heteroatoms. The second-order valence-corrected chi connectivity index (χ2v) is 9.21. The van der Waals surface area contributed by atoms with Gasteiger partial charge in [0.1, 0.15) is 0 Å². The van der Waals surface area contributed by atoms with Gasteiger partial charge in [0.15, 0.2) is 6.61 Å². The number of ether oxygens (including phenoxy) is 1. The Labute approximate surface area is 179 Å². The van der Waals surface area contributed by atoms with Gasteiger partial charge in [-0.2, -0.15) is 0 Å². The number of esters is 1. The van der Waals surface area contributed by atoms with Crippen molar-refractivity contribution in [2.24, 2.45) is 17.8 Å². The fourth-order valence-electron chi connectivity index (χ4n) is 5.01. The first-order chi connectivity index (χ1) is 14.2. The zero-order valence-electron chi connectivity index (χ0n) is 18.8. The van der Waals surface area contributed by atoms with Crippen molar-refractivity contribution in [1.82, 2.24) is 4.90 Å². The number of nitrogens with zero attached hydrogens (tertiary/aromatic N) is 1. The van der Waals surface area contributed by atoms with Gasteiger partial charge in [0.2, 0.25) is 5.91 Å². The van der Waals surface area contributed by atoms with Gasteiger partial charge in [-0.3, -0.25) is 14.4 Å². The number of carbonyl (C=O) groups is 3. The Balaban J connectivity index is 1.53. The van der Waals surface area contributed by atoms with Crippen LogP contribution in [0, 0.1) is 38.5 Å². The summed E-state index contributed by atoms with van der Waals surface area (Å²) in [6.45, 7) is 10.4. The molecule has 1 saturated carbocycles. The summed E-state index contributed by atoms with van der Waals surface area (Å²) >= 11 is 0. The fraction of sp³-hybridized carbons (Fsp3) is 0.625. The Kier molecular flexibility index (Phi) is 6.84. The molecule has 0 unspecified atom stereocenters. The third kappa shape index (κ3) is 4.85. The maximum atomic E-state index is 12.6. The number of hydrogen-bond donors (Lipinski definition) is 1. The van der Waals surface area contributed by atoms with Crippen molar-refractivity contribution in [2.75, 3.05) is 18.5 Å². The first kappa shape index (κ1) is 22.3. The molecule has 2 amide bonds. The summed E-state index contributed by atoms with van der Waals surface area (Å²) in [6, 6.07) is 4.20. The zero-order valence-corrected chi connectivity index (χ0v) is 18.8. The summed E-state index contributed by atoms with van der Waals surface area (Å²) in [6.07, 6.45) is 3.48. The molecule has 3 rings (SSSR count). The van der Waals surface area contributed by atoms with Crippen LogP contribution in [0.3, 0.4) is 0 Å². The average Bonchev–Trinajstić information content (AvgIpc) is 3.06. The first-order valence-corrected chi connectivity index (χ1v) is 11.0. The van der Waals surface area contributed by atoms with E-state index in [1.165, 1.54) is 6.42 Å². The molecule has 2 fully saturated rings. The standard InChI is InChI=1S/C24H34N2O4/c1-14-9-16(3)23(17(4)10-14)25-21(27)13-30-24(29)19-11-22(28)26(12-19)20-8-6-7-15(2)18(20)5/h9-10,15,18-20H,6-8,11-13H2,1-5H3,(H,25,27)/t15-,18-,19-,20+/m0/s1. The number of aryl methyl sites for hydroxylation is 3. The maximum Gasteiger partial charge on any atom is 0.311 e. The molecule has 0 radical (unpaired) electrons. The van der Waals surface area contributed by atoms with E-state index in [1.54, 1.807) is 0 Å². The fourth-order valence-corrected chi connectivity index (χ4v) is 5.01. The molecular formula is C24H34N2O4. The summed E-state index contributed by atoms with van der Waals surface area (Å²) < 4.78 is 5.27. The lowest BCUT2D eigenvalue weighted by atomic mass is 9.77. The number of rotatable bonds is 5. The van der Waals surface area contributed by atoms with Gasteiger partial charge in [-0.05, 0) is 50.2 Å². The first-order valence-electron chi connectivity index (χ1n) is 11.0. The van der Waals surface area contributed by atoms with Gasteiger partial charge in [-0.1, -0.05) is 44.4 Å². The normalized spacial score (nSPS) is 26.6. The number of carbonyl (C=O) groups excluding carboxylic acids is 3. The summed E-state index contributed by atoms with van der Waals surface area (Å²) in [5, 5.41) is 2.84. The Morgan fingerprint density at radius 2 is 1.80 bits per heavy atom. The van der Waals surface area contributed by atoms with Crippen molar-refractivity contribution in [1.29, 1.82) is 0 Å². The van der Waals surface area contributed by atoms with E-state index in [0.29, 0.717) is 18.4 Å². The van der Waals surface area contributed by atoms with E-state index in [0.717, 1.165) is 35.2 Å². The van der Waals surface area contributed by atoms with Crippen LogP contribution < -0.4 is 5.32 Å². The summed E-state index contributed by atoms with van der Waals surface area (Å²) in [7, 11) is 0. The number of anilines is 1. The molecule has 0 aromatic heterocycles. The summed E-state index contributed by atoms with van der Waals surface area (Å²) in [5.74, 6) is -0.274. The number of benzene rings is 1. The Morgan fingerprint density at radius 3 is 2.47 bits per heavy atom. The van der Waals surface area contributed by atoms with Crippen LogP contribution in [0.5, 0.6) is 0 Å². The van der Waals surface area contributed by atoms with Crippen LogP contribution in [0.25, 0.3) is 0 Å². The van der Waals surface area contributed by atoms with Crippen LogP contribution >= 0.6 is 0 Å². The Hall–Kier alpha value is -2.37. The molecule has 6 nitrogen and oxygen atoms in total. The minimum absolute atomic E-state index is 0.0262. The van der Waals surface area contributed by atoms with Gasteiger partial charge < -0.3 is 15.0 Å². The SMILES string of the molecule is Cc1cc(C)c(NC(=O)COC(=O)[C@H]2CC(=O)N([C@@H]3CCC[C@H](C)[C@@H]3C)C2)c(C)c1. The van der Waals surface area contributed by atoms with Gasteiger partial charge in [-0.25, -0.2) is 0 Å². The van der Waals surface area contributed by atoms with Crippen molar-refractivity contribution in [3.8, 4) is 0 Å².